The normalized spacial score (nSPS) is 17.2. The molecule has 1 unspecified atom stereocenters. The van der Waals surface area contributed by atoms with E-state index < -0.39 is 0 Å². The number of carbonyl (C=O) groups excluding carboxylic acids is 1. The SMILES string of the molecule is CN1Cc2ccccc2CC1C(=O)NCc1noc(-c2ccco2)n1. The highest BCUT2D eigenvalue weighted by molar-refractivity contribution is 5.82. The summed E-state index contributed by atoms with van der Waals surface area (Å²) in [4.78, 5) is 18.9. The maximum atomic E-state index is 12.6. The molecule has 0 radical (unpaired) electrons. The van der Waals surface area contributed by atoms with E-state index >= 15 is 0 Å². The molecule has 1 atom stereocenters. The van der Waals surface area contributed by atoms with Crippen LogP contribution in [-0.2, 0) is 24.3 Å². The fourth-order valence-corrected chi connectivity index (χ4v) is 3.06. The maximum Gasteiger partial charge on any atom is 0.293 e. The number of hydrogen-bond donors (Lipinski definition) is 1. The summed E-state index contributed by atoms with van der Waals surface area (Å²) in [6.07, 6.45) is 2.24. The zero-order valence-corrected chi connectivity index (χ0v) is 13.8. The summed E-state index contributed by atoms with van der Waals surface area (Å²) in [7, 11) is 1.96. The minimum Gasteiger partial charge on any atom is -0.459 e. The summed E-state index contributed by atoms with van der Waals surface area (Å²) in [5.41, 5.74) is 2.50. The molecular formula is C18H18N4O3. The van der Waals surface area contributed by atoms with E-state index in [4.69, 9.17) is 8.94 Å². The highest BCUT2D eigenvalue weighted by Gasteiger charge is 2.28. The molecule has 1 aromatic carbocycles. The van der Waals surface area contributed by atoms with Crippen LogP contribution in [0.5, 0.6) is 0 Å². The largest absolute Gasteiger partial charge is 0.459 e. The number of carbonyl (C=O) groups is 1. The fourth-order valence-electron chi connectivity index (χ4n) is 3.06. The lowest BCUT2D eigenvalue weighted by atomic mass is 9.94. The van der Waals surface area contributed by atoms with Gasteiger partial charge < -0.3 is 14.3 Å². The Bertz CT molecular complexity index is 872. The van der Waals surface area contributed by atoms with Gasteiger partial charge in [0, 0.05) is 6.54 Å². The van der Waals surface area contributed by atoms with Crippen molar-refractivity contribution in [1.29, 1.82) is 0 Å². The summed E-state index contributed by atoms with van der Waals surface area (Å²) in [6.45, 7) is 0.980. The standard InChI is InChI=1S/C18H18N4O3/c1-22-11-13-6-3-2-5-12(13)9-14(22)17(23)19-10-16-20-18(25-21-16)15-7-4-8-24-15/h2-8,14H,9-11H2,1H3,(H,19,23). The second-order valence-corrected chi connectivity index (χ2v) is 6.11. The van der Waals surface area contributed by atoms with Crippen molar-refractivity contribution in [2.75, 3.05) is 7.05 Å². The van der Waals surface area contributed by atoms with E-state index in [-0.39, 0.29) is 18.5 Å². The van der Waals surface area contributed by atoms with Crippen LogP contribution in [0.1, 0.15) is 17.0 Å². The van der Waals surface area contributed by atoms with Crippen LogP contribution in [-0.4, -0.2) is 34.0 Å². The van der Waals surface area contributed by atoms with E-state index in [0.717, 1.165) is 6.54 Å². The van der Waals surface area contributed by atoms with Gasteiger partial charge in [0.1, 0.15) is 0 Å². The number of furan rings is 1. The Morgan fingerprint density at radius 2 is 2.12 bits per heavy atom. The average Bonchev–Trinajstić information content (AvgIpc) is 3.30. The van der Waals surface area contributed by atoms with Gasteiger partial charge in [-0.1, -0.05) is 29.4 Å². The predicted molar refractivity (Wildman–Crippen MR) is 89.2 cm³/mol. The number of aromatic nitrogens is 2. The Balaban J connectivity index is 1.39. The molecule has 2 aromatic heterocycles. The van der Waals surface area contributed by atoms with Crippen LogP contribution >= 0.6 is 0 Å². The molecule has 0 fully saturated rings. The fraction of sp³-hybridized carbons (Fsp3) is 0.278. The van der Waals surface area contributed by atoms with Crippen molar-refractivity contribution in [3.05, 3.63) is 59.6 Å². The Labute approximate surface area is 144 Å². The van der Waals surface area contributed by atoms with Gasteiger partial charge in [-0.2, -0.15) is 4.98 Å². The summed E-state index contributed by atoms with van der Waals surface area (Å²) in [5.74, 6) is 1.19. The number of fused-ring (bicyclic) bond motifs is 1. The van der Waals surface area contributed by atoms with Gasteiger partial charge in [0.15, 0.2) is 11.6 Å². The minimum atomic E-state index is -0.202. The molecule has 7 heteroatoms. The van der Waals surface area contributed by atoms with Crippen molar-refractivity contribution >= 4 is 5.91 Å². The Hall–Kier alpha value is -2.93. The summed E-state index contributed by atoms with van der Waals surface area (Å²) >= 11 is 0. The van der Waals surface area contributed by atoms with Crippen LogP contribution in [0, 0.1) is 0 Å². The van der Waals surface area contributed by atoms with Crippen molar-refractivity contribution in [2.45, 2.75) is 25.6 Å². The second kappa shape index (κ2) is 6.52. The molecule has 3 aromatic rings. The summed E-state index contributed by atoms with van der Waals surface area (Å²) < 4.78 is 10.3. The first-order chi connectivity index (χ1) is 12.2. The Kier molecular flexibility index (Phi) is 4.07. The van der Waals surface area contributed by atoms with Gasteiger partial charge in [-0.3, -0.25) is 9.69 Å². The number of benzene rings is 1. The molecule has 0 saturated carbocycles. The van der Waals surface area contributed by atoms with Gasteiger partial charge >= 0.3 is 0 Å². The van der Waals surface area contributed by atoms with Gasteiger partial charge in [-0.05, 0) is 36.7 Å². The molecule has 128 valence electrons. The highest BCUT2D eigenvalue weighted by atomic mass is 16.5. The lowest BCUT2D eigenvalue weighted by molar-refractivity contribution is -0.126. The first-order valence-electron chi connectivity index (χ1n) is 8.12. The quantitative estimate of drug-likeness (QED) is 0.783. The van der Waals surface area contributed by atoms with E-state index in [2.05, 4.69) is 32.5 Å². The number of nitrogens with zero attached hydrogens (tertiary/aromatic N) is 3. The molecule has 25 heavy (non-hydrogen) atoms. The van der Waals surface area contributed by atoms with Gasteiger partial charge in [-0.25, -0.2) is 0 Å². The van der Waals surface area contributed by atoms with Crippen LogP contribution in [0.25, 0.3) is 11.7 Å². The van der Waals surface area contributed by atoms with E-state index in [1.165, 1.54) is 17.4 Å². The molecule has 1 amide bonds. The van der Waals surface area contributed by atoms with Crippen molar-refractivity contribution in [1.82, 2.24) is 20.4 Å². The second-order valence-electron chi connectivity index (χ2n) is 6.11. The van der Waals surface area contributed by atoms with Gasteiger partial charge in [-0.15, -0.1) is 0 Å². The third-order valence-electron chi connectivity index (χ3n) is 4.41. The van der Waals surface area contributed by atoms with Gasteiger partial charge in [0.05, 0.1) is 18.8 Å². The third-order valence-corrected chi connectivity index (χ3v) is 4.41. The van der Waals surface area contributed by atoms with Crippen molar-refractivity contribution in [3.8, 4) is 11.7 Å². The number of hydrogen-bond acceptors (Lipinski definition) is 6. The maximum absolute atomic E-state index is 12.6. The summed E-state index contributed by atoms with van der Waals surface area (Å²) in [6, 6.07) is 11.5. The van der Waals surface area contributed by atoms with E-state index in [0.29, 0.717) is 23.9 Å². The molecule has 0 spiro atoms. The molecule has 0 bridgehead atoms. The Morgan fingerprint density at radius 1 is 1.28 bits per heavy atom. The monoisotopic (exact) mass is 338 g/mol. The topological polar surface area (TPSA) is 84.4 Å². The van der Waals surface area contributed by atoms with Crippen molar-refractivity contribution < 1.29 is 13.7 Å². The van der Waals surface area contributed by atoms with Gasteiger partial charge in [0.2, 0.25) is 5.91 Å². The molecule has 1 aliphatic rings. The molecule has 3 heterocycles. The molecule has 4 rings (SSSR count). The van der Waals surface area contributed by atoms with Crippen molar-refractivity contribution in [2.24, 2.45) is 0 Å². The van der Waals surface area contributed by atoms with E-state index in [9.17, 15) is 4.79 Å². The third kappa shape index (κ3) is 3.18. The smallest absolute Gasteiger partial charge is 0.293 e. The van der Waals surface area contributed by atoms with Crippen LogP contribution in [0.4, 0.5) is 0 Å². The predicted octanol–water partition coefficient (Wildman–Crippen LogP) is 2.00. The highest BCUT2D eigenvalue weighted by Crippen LogP contribution is 2.22. The molecule has 0 saturated heterocycles. The van der Waals surface area contributed by atoms with E-state index in [1.54, 1.807) is 12.1 Å². The molecule has 1 N–H and O–H groups in total. The number of amides is 1. The first-order valence-corrected chi connectivity index (χ1v) is 8.12. The van der Waals surface area contributed by atoms with E-state index in [1.807, 2.05) is 19.2 Å². The number of likely N-dealkylation sites (N-methyl/N-ethyl adjacent to an activating group) is 1. The van der Waals surface area contributed by atoms with Crippen LogP contribution in [0.3, 0.4) is 0 Å². The van der Waals surface area contributed by atoms with Crippen LogP contribution in [0.15, 0.2) is 51.6 Å². The van der Waals surface area contributed by atoms with Crippen molar-refractivity contribution in [3.63, 3.8) is 0 Å². The number of rotatable bonds is 4. The summed E-state index contributed by atoms with van der Waals surface area (Å²) in [5, 5.41) is 6.76. The average molecular weight is 338 g/mol. The number of nitrogens with one attached hydrogen (secondary N) is 1. The molecule has 0 aliphatic carbocycles. The van der Waals surface area contributed by atoms with Gasteiger partial charge in [0.25, 0.3) is 5.89 Å². The first kappa shape index (κ1) is 15.6. The lowest BCUT2D eigenvalue weighted by Crippen LogP contribution is -2.48. The molecule has 7 nitrogen and oxygen atoms in total. The lowest BCUT2D eigenvalue weighted by Gasteiger charge is -2.32. The minimum absolute atomic E-state index is 0.0404. The zero-order valence-electron chi connectivity index (χ0n) is 13.8. The van der Waals surface area contributed by atoms with Crippen LogP contribution in [0.2, 0.25) is 0 Å². The molecular weight excluding hydrogens is 320 g/mol. The van der Waals surface area contributed by atoms with Crippen LogP contribution < -0.4 is 5.32 Å². The zero-order chi connectivity index (χ0) is 17.2. The Morgan fingerprint density at radius 3 is 2.92 bits per heavy atom. The molecule has 1 aliphatic heterocycles.